The van der Waals surface area contributed by atoms with Gasteiger partial charge in [0.05, 0.1) is 12.8 Å². The number of halogens is 1. The second-order valence-corrected chi connectivity index (χ2v) is 6.97. The summed E-state index contributed by atoms with van der Waals surface area (Å²) in [5.74, 6) is -3.02. The number of fused-ring (bicyclic) bond motifs is 2. The zero-order valence-corrected chi connectivity index (χ0v) is 15.4. The molecule has 142 valence electrons. The summed E-state index contributed by atoms with van der Waals surface area (Å²) in [4.78, 5) is 48.0. The van der Waals surface area contributed by atoms with Crippen molar-refractivity contribution in [3.05, 3.63) is 29.6 Å². The van der Waals surface area contributed by atoms with Gasteiger partial charge in [0.15, 0.2) is 5.17 Å². The smallest absolute Gasteiger partial charge is 0.325 e. The topological polar surface area (TPSA) is 108 Å². The molecule has 0 fully saturated rings. The lowest BCUT2D eigenvalue weighted by Crippen LogP contribution is -2.49. The predicted octanol–water partition coefficient (Wildman–Crippen LogP) is 0.500. The first kappa shape index (κ1) is 18.8. The van der Waals surface area contributed by atoms with Gasteiger partial charge in [-0.15, -0.1) is 5.10 Å². The van der Waals surface area contributed by atoms with Crippen LogP contribution in [-0.2, 0) is 28.8 Å². The molecule has 11 heteroatoms. The fraction of sp³-hybridized carbons (Fsp3) is 0.312. The van der Waals surface area contributed by atoms with Crippen molar-refractivity contribution in [2.75, 3.05) is 18.6 Å². The molecule has 1 atom stereocenters. The molecule has 1 unspecified atom stereocenters. The number of ether oxygens (including phenoxy) is 1. The Morgan fingerprint density at radius 1 is 1.33 bits per heavy atom. The number of rotatable bonds is 2. The summed E-state index contributed by atoms with van der Waals surface area (Å²) in [7, 11) is 1.18. The second kappa shape index (κ2) is 6.65. The van der Waals surface area contributed by atoms with Gasteiger partial charge < -0.3 is 10.1 Å². The van der Waals surface area contributed by atoms with E-state index >= 15 is 0 Å². The van der Waals surface area contributed by atoms with Crippen molar-refractivity contribution in [1.29, 1.82) is 0 Å². The third kappa shape index (κ3) is 2.93. The summed E-state index contributed by atoms with van der Waals surface area (Å²) in [5.41, 5.74) is 0.408. The van der Waals surface area contributed by atoms with Crippen LogP contribution in [0.1, 0.15) is 19.4 Å². The number of nitrogens with one attached hydrogen (secondary N) is 1. The average Bonchev–Trinajstić information content (AvgIpc) is 3.07. The van der Waals surface area contributed by atoms with Gasteiger partial charge in [-0.1, -0.05) is 0 Å². The van der Waals surface area contributed by atoms with E-state index in [0.717, 1.165) is 33.8 Å². The number of thioether (sulfide) groups is 1. The van der Waals surface area contributed by atoms with Gasteiger partial charge in [-0.2, -0.15) is 5.01 Å². The molecule has 0 saturated carbocycles. The van der Waals surface area contributed by atoms with Gasteiger partial charge in [-0.05, 0) is 30.0 Å². The number of methoxy groups -OCH3 is 1. The highest BCUT2D eigenvalue weighted by atomic mass is 32.2. The number of amidine groups is 1. The van der Waals surface area contributed by atoms with E-state index in [9.17, 15) is 23.6 Å². The molecule has 27 heavy (non-hydrogen) atoms. The molecular formula is C16H15FN4O5S. The van der Waals surface area contributed by atoms with Crippen LogP contribution in [0.2, 0.25) is 0 Å². The largest absolute Gasteiger partial charge is 0.468 e. The lowest BCUT2D eigenvalue weighted by atomic mass is 10.1. The van der Waals surface area contributed by atoms with Crippen molar-refractivity contribution >= 4 is 46.3 Å². The molecule has 0 aliphatic carbocycles. The maximum Gasteiger partial charge on any atom is 0.325 e. The Morgan fingerprint density at radius 2 is 2.04 bits per heavy atom. The first-order chi connectivity index (χ1) is 12.7. The molecule has 2 heterocycles. The van der Waals surface area contributed by atoms with Crippen LogP contribution in [0.25, 0.3) is 0 Å². The second-order valence-electron chi connectivity index (χ2n) is 5.79. The number of hydrazone groups is 1. The normalized spacial score (nSPS) is 20.6. The van der Waals surface area contributed by atoms with Gasteiger partial charge in [-0.25, -0.2) is 4.39 Å². The maximum absolute atomic E-state index is 14.0. The standard InChI is InChI=1S/C16H15FN4O5S/c1-8(22)18-15-19-21(9(2)23)16(27-15)11-6-10(17)4-5-12(11)20(14(16)25)7-13(24)26-3/h4-6H,7H2,1-3H3,(H,18,19,22). The van der Waals surface area contributed by atoms with Gasteiger partial charge in [0.25, 0.3) is 5.91 Å². The quantitative estimate of drug-likeness (QED) is 0.732. The van der Waals surface area contributed by atoms with Crippen molar-refractivity contribution in [2.45, 2.75) is 18.7 Å². The van der Waals surface area contributed by atoms with Crippen LogP contribution in [0.15, 0.2) is 23.3 Å². The van der Waals surface area contributed by atoms with Gasteiger partial charge in [0.1, 0.15) is 12.4 Å². The molecule has 0 radical (unpaired) electrons. The Labute approximate surface area is 157 Å². The molecule has 2 aliphatic rings. The Morgan fingerprint density at radius 3 is 2.63 bits per heavy atom. The van der Waals surface area contributed by atoms with Crippen LogP contribution in [0.4, 0.5) is 10.1 Å². The monoisotopic (exact) mass is 394 g/mol. The zero-order chi connectivity index (χ0) is 19.9. The third-order valence-corrected chi connectivity index (χ3v) is 5.22. The molecule has 1 spiro atoms. The van der Waals surface area contributed by atoms with Crippen molar-refractivity contribution in [1.82, 2.24) is 10.3 Å². The molecule has 0 saturated heterocycles. The molecule has 0 aromatic heterocycles. The Balaban J connectivity index is 2.15. The Kier molecular flexibility index (Phi) is 4.64. The number of hydrogen-bond acceptors (Lipinski definition) is 7. The summed E-state index contributed by atoms with van der Waals surface area (Å²) in [5, 5.41) is 7.36. The van der Waals surface area contributed by atoms with E-state index < -0.39 is 40.9 Å². The highest BCUT2D eigenvalue weighted by Gasteiger charge is 2.61. The van der Waals surface area contributed by atoms with Crippen LogP contribution in [-0.4, -0.2) is 47.5 Å². The number of hydrogen-bond donors (Lipinski definition) is 1. The van der Waals surface area contributed by atoms with E-state index in [2.05, 4.69) is 15.2 Å². The maximum atomic E-state index is 14.0. The average molecular weight is 394 g/mol. The van der Waals surface area contributed by atoms with E-state index in [1.54, 1.807) is 0 Å². The third-order valence-electron chi connectivity index (χ3n) is 3.98. The lowest BCUT2D eigenvalue weighted by molar-refractivity contribution is -0.141. The van der Waals surface area contributed by atoms with Crippen molar-refractivity contribution < 1.29 is 28.3 Å². The van der Waals surface area contributed by atoms with E-state index in [1.165, 1.54) is 27.0 Å². The van der Waals surface area contributed by atoms with Crippen LogP contribution in [0.5, 0.6) is 0 Å². The molecule has 1 N–H and O–H groups in total. The van der Waals surface area contributed by atoms with E-state index in [4.69, 9.17) is 0 Å². The molecule has 9 nitrogen and oxygen atoms in total. The fourth-order valence-corrected chi connectivity index (χ4v) is 4.26. The van der Waals surface area contributed by atoms with Gasteiger partial charge in [-0.3, -0.25) is 24.1 Å². The van der Waals surface area contributed by atoms with Gasteiger partial charge in [0, 0.05) is 19.4 Å². The van der Waals surface area contributed by atoms with Crippen LogP contribution >= 0.6 is 11.8 Å². The fourth-order valence-electron chi connectivity index (χ4n) is 2.93. The Hall–Kier alpha value is -2.95. The number of amides is 3. The molecule has 3 rings (SSSR count). The molecule has 3 amide bonds. The number of nitrogens with zero attached hydrogens (tertiary/aromatic N) is 3. The van der Waals surface area contributed by atoms with Crippen LogP contribution < -0.4 is 10.2 Å². The van der Waals surface area contributed by atoms with E-state index in [0.29, 0.717) is 0 Å². The van der Waals surface area contributed by atoms with Crippen molar-refractivity contribution in [3.63, 3.8) is 0 Å². The van der Waals surface area contributed by atoms with Gasteiger partial charge >= 0.3 is 5.97 Å². The highest BCUT2D eigenvalue weighted by Crippen LogP contribution is 2.54. The molecular weight excluding hydrogens is 379 g/mol. The minimum absolute atomic E-state index is 0.0150. The lowest BCUT2D eigenvalue weighted by Gasteiger charge is -2.29. The summed E-state index contributed by atoms with van der Waals surface area (Å²) in [6.07, 6.45) is 0. The SMILES string of the molecule is COC(=O)CN1C(=O)C2(SC(NC(C)=O)=NN2C(C)=O)c2cc(F)ccc21. The van der Waals surface area contributed by atoms with Gasteiger partial charge in [0.2, 0.25) is 16.7 Å². The number of benzene rings is 1. The Bertz CT molecular complexity index is 905. The number of carbonyl (C=O) groups is 4. The molecule has 2 aliphatic heterocycles. The zero-order valence-electron chi connectivity index (χ0n) is 14.6. The molecule has 0 bridgehead atoms. The molecule has 1 aromatic carbocycles. The van der Waals surface area contributed by atoms with E-state index in [1.807, 2.05) is 0 Å². The number of anilines is 1. The summed E-state index contributed by atoms with van der Waals surface area (Å²) in [6, 6.07) is 3.60. The summed E-state index contributed by atoms with van der Waals surface area (Å²) < 4.78 is 18.6. The highest BCUT2D eigenvalue weighted by molar-refractivity contribution is 8.15. The number of carbonyl (C=O) groups excluding carboxylic acids is 4. The summed E-state index contributed by atoms with van der Waals surface area (Å²) >= 11 is 0.796. The summed E-state index contributed by atoms with van der Waals surface area (Å²) in [6.45, 7) is 2.02. The minimum Gasteiger partial charge on any atom is -0.468 e. The first-order valence-corrected chi connectivity index (χ1v) is 8.57. The van der Waals surface area contributed by atoms with Crippen molar-refractivity contribution in [2.24, 2.45) is 5.10 Å². The number of esters is 1. The predicted molar refractivity (Wildman–Crippen MR) is 93.8 cm³/mol. The first-order valence-electron chi connectivity index (χ1n) is 7.75. The van der Waals surface area contributed by atoms with Crippen LogP contribution in [0, 0.1) is 5.82 Å². The minimum atomic E-state index is -1.75. The van der Waals surface area contributed by atoms with Crippen LogP contribution in [0.3, 0.4) is 0 Å². The molecule has 1 aromatic rings. The van der Waals surface area contributed by atoms with E-state index in [-0.39, 0.29) is 16.4 Å². The van der Waals surface area contributed by atoms with Crippen molar-refractivity contribution in [3.8, 4) is 0 Å².